The number of amides is 1. The molecule has 0 saturated heterocycles. The highest BCUT2D eigenvalue weighted by molar-refractivity contribution is 5.80. The molecule has 0 unspecified atom stereocenters. The monoisotopic (exact) mass is 266 g/mol. The number of aryl methyl sites for hydroxylation is 2. The predicted molar refractivity (Wildman–Crippen MR) is 78.6 cm³/mol. The molecule has 1 N–H and O–H groups in total. The number of carbonyl (C=O) groups is 1. The number of aromatic nitrogens is 1. The van der Waals surface area contributed by atoms with Crippen molar-refractivity contribution < 1.29 is 9.21 Å². The molecule has 1 aromatic heterocycles. The van der Waals surface area contributed by atoms with E-state index in [0.717, 1.165) is 33.5 Å². The van der Waals surface area contributed by atoms with Crippen molar-refractivity contribution in [2.24, 2.45) is 0 Å². The summed E-state index contributed by atoms with van der Waals surface area (Å²) in [6.07, 6.45) is 0.668. The van der Waals surface area contributed by atoms with Gasteiger partial charge in [-0.2, -0.15) is 0 Å². The first-order chi connectivity index (χ1) is 9.67. The van der Waals surface area contributed by atoms with Crippen LogP contribution in [0.1, 0.15) is 11.1 Å². The van der Waals surface area contributed by atoms with E-state index in [1.807, 2.05) is 50.2 Å². The normalized spacial score (nSPS) is 10.7. The van der Waals surface area contributed by atoms with E-state index in [-0.39, 0.29) is 0 Å². The molecule has 1 heterocycles. The molecule has 1 amide bonds. The van der Waals surface area contributed by atoms with E-state index < -0.39 is 0 Å². The fourth-order valence-corrected chi connectivity index (χ4v) is 2.13. The lowest BCUT2D eigenvalue weighted by Crippen LogP contribution is -1.96. The van der Waals surface area contributed by atoms with Gasteiger partial charge >= 0.3 is 0 Å². The Kier molecular flexibility index (Phi) is 2.99. The molecule has 0 atom stereocenters. The second-order valence-electron chi connectivity index (χ2n) is 4.78. The number of rotatable bonds is 3. The fourth-order valence-electron chi connectivity index (χ4n) is 2.13. The number of carbonyl (C=O) groups excluding carboxylic acids is 1. The summed E-state index contributed by atoms with van der Waals surface area (Å²) in [5, 5.41) is 2.68. The van der Waals surface area contributed by atoms with Crippen LogP contribution in [-0.4, -0.2) is 11.4 Å². The first-order valence-corrected chi connectivity index (χ1v) is 6.36. The van der Waals surface area contributed by atoms with Crippen LogP contribution in [0.4, 0.5) is 5.69 Å². The van der Waals surface area contributed by atoms with E-state index >= 15 is 0 Å². The van der Waals surface area contributed by atoms with Crippen molar-refractivity contribution in [3.63, 3.8) is 0 Å². The number of fused-ring (bicyclic) bond motifs is 1. The molecule has 0 fully saturated rings. The number of benzene rings is 2. The smallest absolute Gasteiger partial charge is 0.227 e. The van der Waals surface area contributed by atoms with Crippen molar-refractivity contribution in [1.82, 2.24) is 4.98 Å². The van der Waals surface area contributed by atoms with Crippen LogP contribution >= 0.6 is 0 Å². The van der Waals surface area contributed by atoms with Gasteiger partial charge in [0, 0.05) is 11.3 Å². The number of anilines is 1. The minimum absolute atomic E-state index is 0.555. The lowest BCUT2D eigenvalue weighted by Gasteiger charge is -2.05. The van der Waals surface area contributed by atoms with Gasteiger partial charge in [0.25, 0.3) is 0 Å². The number of hydrogen-bond donors (Lipinski definition) is 1. The van der Waals surface area contributed by atoms with E-state index in [1.54, 1.807) is 0 Å². The maximum atomic E-state index is 10.6. The van der Waals surface area contributed by atoms with Crippen molar-refractivity contribution in [2.45, 2.75) is 13.8 Å². The van der Waals surface area contributed by atoms with Gasteiger partial charge in [0.15, 0.2) is 5.58 Å². The van der Waals surface area contributed by atoms with Crippen LogP contribution < -0.4 is 5.32 Å². The highest BCUT2D eigenvalue weighted by Gasteiger charge is 2.09. The zero-order valence-electron chi connectivity index (χ0n) is 11.3. The predicted octanol–water partition coefficient (Wildman–Crippen LogP) is 3.68. The van der Waals surface area contributed by atoms with Gasteiger partial charge in [0.2, 0.25) is 12.3 Å². The molecule has 20 heavy (non-hydrogen) atoms. The Bertz CT molecular complexity index is 790. The van der Waals surface area contributed by atoms with Gasteiger partial charge in [-0.25, -0.2) is 4.98 Å². The third-order valence-corrected chi connectivity index (χ3v) is 3.24. The molecule has 0 spiro atoms. The van der Waals surface area contributed by atoms with Gasteiger partial charge in [0.05, 0.1) is 0 Å². The summed E-state index contributed by atoms with van der Waals surface area (Å²) in [6.45, 7) is 3.95. The number of nitrogens with zero attached hydrogens (tertiary/aromatic N) is 1. The highest BCUT2D eigenvalue weighted by Crippen LogP contribution is 2.28. The number of hydrogen-bond acceptors (Lipinski definition) is 3. The van der Waals surface area contributed by atoms with Gasteiger partial charge < -0.3 is 9.73 Å². The highest BCUT2D eigenvalue weighted by atomic mass is 16.3. The second-order valence-corrected chi connectivity index (χ2v) is 4.78. The Hall–Kier alpha value is -2.62. The van der Waals surface area contributed by atoms with E-state index in [2.05, 4.69) is 10.3 Å². The quantitative estimate of drug-likeness (QED) is 0.736. The Labute approximate surface area is 116 Å². The summed E-state index contributed by atoms with van der Waals surface area (Å²) >= 11 is 0. The standard InChI is InChI=1S/C16H14N2O2/c1-10-3-6-13-15(7-10)20-16(18-13)12-5-4-11(2)14(8-12)17-9-19/h3-9H,1-2H3,(H,17,19). The SMILES string of the molecule is Cc1ccc2nc(-c3ccc(C)c(NC=O)c3)oc2c1. The van der Waals surface area contributed by atoms with Gasteiger partial charge in [0.1, 0.15) is 5.52 Å². The molecule has 0 bridgehead atoms. The number of nitrogens with one attached hydrogen (secondary N) is 1. The maximum absolute atomic E-state index is 10.6. The third-order valence-electron chi connectivity index (χ3n) is 3.24. The van der Waals surface area contributed by atoms with Crippen LogP contribution in [0.2, 0.25) is 0 Å². The Balaban J connectivity index is 2.10. The minimum atomic E-state index is 0.555. The molecule has 0 aliphatic rings. The average Bonchev–Trinajstić information content (AvgIpc) is 2.84. The molecule has 3 aromatic rings. The summed E-state index contributed by atoms with van der Waals surface area (Å²) in [5.41, 5.74) is 5.33. The third kappa shape index (κ3) is 2.16. The molecule has 0 aliphatic carbocycles. The summed E-state index contributed by atoms with van der Waals surface area (Å²) in [6, 6.07) is 11.6. The molecule has 4 heteroatoms. The fraction of sp³-hybridized carbons (Fsp3) is 0.125. The van der Waals surface area contributed by atoms with E-state index in [4.69, 9.17) is 4.42 Å². The van der Waals surface area contributed by atoms with Gasteiger partial charge in [-0.1, -0.05) is 12.1 Å². The molecular formula is C16H14N2O2. The molecular weight excluding hydrogens is 252 g/mol. The first-order valence-electron chi connectivity index (χ1n) is 6.36. The van der Waals surface area contributed by atoms with Crippen molar-refractivity contribution in [1.29, 1.82) is 0 Å². The number of oxazole rings is 1. The van der Waals surface area contributed by atoms with Crippen LogP contribution in [0.3, 0.4) is 0 Å². The van der Waals surface area contributed by atoms with Crippen LogP contribution in [-0.2, 0) is 4.79 Å². The zero-order valence-corrected chi connectivity index (χ0v) is 11.3. The summed E-state index contributed by atoms with van der Waals surface area (Å²) in [5.74, 6) is 0.555. The Morgan fingerprint density at radius 1 is 1.15 bits per heavy atom. The van der Waals surface area contributed by atoms with Crippen LogP contribution in [0, 0.1) is 13.8 Å². The lowest BCUT2D eigenvalue weighted by atomic mass is 10.1. The summed E-state index contributed by atoms with van der Waals surface area (Å²) < 4.78 is 5.78. The van der Waals surface area contributed by atoms with Crippen molar-refractivity contribution in [3.05, 3.63) is 47.5 Å². The van der Waals surface area contributed by atoms with Gasteiger partial charge in [-0.05, 0) is 49.2 Å². The van der Waals surface area contributed by atoms with Crippen LogP contribution in [0.25, 0.3) is 22.6 Å². The largest absolute Gasteiger partial charge is 0.436 e. The molecule has 4 nitrogen and oxygen atoms in total. The van der Waals surface area contributed by atoms with Crippen LogP contribution in [0.15, 0.2) is 40.8 Å². The van der Waals surface area contributed by atoms with Crippen molar-refractivity contribution in [2.75, 3.05) is 5.32 Å². The first kappa shape index (κ1) is 12.4. The second kappa shape index (κ2) is 4.81. The van der Waals surface area contributed by atoms with E-state index in [0.29, 0.717) is 12.3 Å². The molecule has 2 aromatic carbocycles. The van der Waals surface area contributed by atoms with E-state index in [9.17, 15) is 4.79 Å². The molecule has 0 radical (unpaired) electrons. The van der Waals surface area contributed by atoms with Gasteiger partial charge in [-0.3, -0.25) is 4.79 Å². The van der Waals surface area contributed by atoms with Crippen LogP contribution in [0.5, 0.6) is 0 Å². The minimum Gasteiger partial charge on any atom is -0.436 e. The Morgan fingerprint density at radius 3 is 2.80 bits per heavy atom. The molecule has 100 valence electrons. The topological polar surface area (TPSA) is 55.1 Å². The van der Waals surface area contributed by atoms with Gasteiger partial charge in [-0.15, -0.1) is 0 Å². The Morgan fingerprint density at radius 2 is 2.00 bits per heavy atom. The summed E-state index contributed by atoms with van der Waals surface area (Å²) in [7, 11) is 0. The maximum Gasteiger partial charge on any atom is 0.227 e. The summed E-state index contributed by atoms with van der Waals surface area (Å²) in [4.78, 5) is 15.1. The molecule has 3 rings (SSSR count). The molecule has 0 saturated carbocycles. The molecule has 0 aliphatic heterocycles. The van der Waals surface area contributed by atoms with Crippen molar-refractivity contribution >= 4 is 23.2 Å². The van der Waals surface area contributed by atoms with E-state index in [1.165, 1.54) is 0 Å². The van der Waals surface area contributed by atoms with Crippen molar-refractivity contribution in [3.8, 4) is 11.5 Å². The zero-order chi connectivity index (χ0) is 14.1. The lowest BCUT2D eigenvalue weighted by molar-refractivity contribution is -0.105. The average molecular weight is 266 g/mol.